The summed E-state index contributed by atoms with van der Waals surface area (Å²) in [5.41, 5.74) is 1.27. The lowest BCUT2D eigenvalue weighted by Gasteiger charge is -2.38. The third-order valence-corrected chi connectivity index (χ3v) is 3.83. The third kappa shape index (κ3) is 2.30. The van der Waals surface area contributed by atoms with Gasteiger partial charge in [-0.25, -0.2) is 4.98 Å². The average molecular weight is 251 g/mol. The molecular formula is C13H21N3O2. The van der Waals surface area contributed by atoms with Crippen LogP contribution >= 0.6 is 0 Å². The Morgan fingerprint density at radius 1 is 1.39 bits per heavy atom. The highest BCUT2D eigenvalue weighted by molar-refractivity contribution is 4.99. The molecule has 3 rings (SSSR count). The second-order valence-electron chi connectivity index (χ2n) is 5.09. The van der Waals surface area contributed by atoms with Gasteiger partial charge < -0.3 is 14.0 Å². The summed E-state index contributed by atoms with van der Waals surface area (Å²) in [5.74, 6) is -0.324. The molecule has 1 aromatic heterocycles. The SMILES string of the molecule is CCn1cncc1CN1CCCC2(C1)OCCO2. The third-order valence-electron chi connectivity index (χ3n) is 3.83. The van der Waals surface area contributed by atoms with E-state index in [4.69, 9.17) is 9.47 Å². The number of hydrogen-bond donors (Lipinski definition) is 0. The molecule has 3 heterocycles. The van der Waals surface area contributed by atoms with E-state index in [1.54, 1.807) is 0 Å². The zero-order chi connectivity index (χ0) is 12.4. The first kappa shape index (κ1) is 12.1. The fourth-order valence-corrected chi connectivity index (χ4v) is 2.93. The van der Waals surface area contributed by atoms with E-state index in [0.717, 1.165) is 52.2 Å². The van der Waals surface area contributed by atoms with E-state index in [1.165, 1.54) is 5.69 Å². The lowest BCUT2D eigenvalue weighted by atomic mass is 10.0. The standard InChI is InChI=1S/C13H21N3O2/c1-2-16-11-14-8-12(16)9-15-5-3-4-13(10-15)17-6-7-18-13/h8,11H,2-7,9-10H2,1H3. The number of rotatable bonds is 3. The molecule has 0 atom stereocenters. The van der Waals surface area contributed by atoms with Crippen LogP contribution < -0.4 is 0 Å². The Morgan fingerprint density at radius 2 is 2.22 bits per heavy atom. The average Bonchev–Trinajstić information content (AvgIpc) is 2.99. The quantitative estimate of drug-likeness (QED) is 0.810. The molecule has 18 heavy (non-hydrogen) atoms. The second-order valence-corrected chi connectivity index (χ2v) is 5.09. The highest BCUT2D eigenvalue weighted by Crippen LogP contribution is 2.30. The molecular weight excluding hydrogens is 230 g/mol. The van der Waals surface area contributed by atoms with E-state index in [0.29, 0.717) is 0 Å². The Hall–Kier alpha value is -0.910. The number of nitrogens with zero attached hydrogens (tertiary/aromatic N) is 3. The van der Waals surface area contributed by atoms with Crippen molar-refractivity contribution in [1.29, 1.82) is 0 Å². The van der Waals surface area contributed by atoms with Crippen LogP contribution in [0.15, 0.2) is 12.5 Å². The predicted molar refractivity (Wildman–Crippen MR) is 67.0 cm³/mol. The lowest BCUT2D eigenvalue weighted by Crippen LogP contribution is -2.48. The molecule has 0 amide bonds. The summed E-state index contributed by atoms with van der Waals surface area (Å²) in [6, 6.07) is 0. The Morgan fingerprint density at radius 3 is 3.00 bits per heavy atom. The van der Waals surface area contributed by atoms with Crippen LogP contribution in [0, 0.1) is 0 Å². The first-order valence-electron chi connectivity index (χ1n) is 6.81. The van der Waals surface area contributed by atoms with Crippen molar-refractivity contribution in [1.82, 2.24) is 14.5 Å². The molecule has 0 bridgehead atoms. The van der Waals surface area contributed by atoms with Gasteiger partial charge in [0.1, 0.15) is 0 Å². The largest absolute Gasteiger partial charge is 0.346 e. The maximum atomic E-state index is 5.80. The summed E-state index contributed by atoms with van der Waals surface area (Å²) in [7, 11) is 0. The fraction of sp³-hybridized carbons (Fsp3) is 0.769. The van der Waals surface area contributed by atoms with Crippen molar-refractivity contribution in [2.45, 2.75) is 38.6 Å². The first-order valence-corrected chi connectivity index (χ1v) is 6.81. The van der Waals surface area contributed by atoms with Gasteiger partial charge in [-0.15, -0.1) is 0 Å². The van der Waals surface area contributed by atoms with Crippen LogP contribution in [0.3, 0.4) is 0 Å². The maximum absolute atomic E-state index is 5.80. The van der Waals surface area contributed by atoms with E-state index in [1.807, 2.05) is 12.5 Å². The molecule has 0 N–H and O–H groups in total. The lowest BCUT2D eigenvalue weighted by molar-refractivity contribution is -0.190. The summed E-state index contributed by atoms with van der Waals surface area (Å²) in [6.45, 7) is 7.52. The zero-order valence-electron chi connectivity index (χ0n) is 11.0. The molecule has 0 aliphatic carbocycles. The van der Waals surface area contributed by atoms with E-state index in [9.17, 15) is 0 Å². The molecule has 0 saturated carbocycles. The van der Waals surface area contributed by atoms with Gasteiger partial charge in [0.2, 0.25) is 0 Å². The van der Waals surface area contributed by atoms with E-state index < -0.39 is 0 Å². The molecule has 0 unspecified atom stereocenters. The molecule has 5 heteroatoms. The summed E-state index contributed by atoms with van der Waals surface area (Å²) < 4.78 is 13.8. The van der Waals surface area contributed by atoms with E-state index >= 15 is 0 Å². The van der Waals surface area contributed by atoms with Crippen LogP contribution in [-0.4, -0.2) is 46.5 Å². The van der Waals surface area contributed by atoms with Gasteiger partial charge in [0.05, 0.1) is 31.8 Å². The van der Waals surface area contributed by atoms with Crippen LogP contribution in [0.1, 0.15) is 25.5 Å². The normalized spacial score (nSPS) is 23.8. The van der Waals surface area contributed by atoms with Gasteiger partial charge in [-0.05, 0) is 19.9 Å². The summed E-state index contributed by atoms with van der Waals surface area (Å²) in [6.07, 6.45) is 6.02. The van der Waals surface area contributed by atoms with Gasteiger partial charge in [-0.3, -0.25) is 4.90 Å². The van der Waals surface area contributed by atoms with Crippen molar-refractivity contribution < 1.29 is 9.47 Å². The number of ether oxygens (including phenoxy) is 2. The van der Waals surface area contributed by atoms with Crippen LogP contribution in [0.2, 0.25) is 0 Å². The minimum absolute atomic E-state index is 0.324. The molecule has 2 aliphatic rings. The van der Waals surface area contributed by atoms with Crippen molar-refractivity contribution in [2.75, 3.05) is 26.3 Å². The Bertz CT molecular complexity index is 399. The fourth-order valence-electron chi connectivity index (χ4n) is 2.93. The first-order chi connectivity index (χ1) is 8.81. The van der Waals surface area contributed by atoms with Gasteiger partial charge >= 0.3 is 0 Å². The van der Waals surface area contributed by atoms with Crippen LogP contribution in [0.25, 0.3) is 0 Å². The molecule has 2 fully saturated rings. The van der Waals surface area contributed by atoms with Gasteiger partial charge in [0, 0.05) is 25.7 Å². The van der Waals surface area contributed by atoms with E-state index in [-0.39, 0.29) is 5.79 Å². The maximum Gasteiger partial charge on any atom is 0.181 e. The van der Waals surface area contributed by atoms with E-state index in [2.05, 4.69) is 21.4 Å². The van der Waals surface area contributed by atoms with Gasteiger partial charge in [0.25, 0.3) is 0 Å². The molecule has 1 spiro atoms. The zero-order valence-corrected chi connectivity index (χ0v) is 11.0. The van der Waals surface area contributed by atoms with Gasteiger partial charge in [-0.1, -0.05) is 0 Å². The number of hydrogen-bond acceptors (Lipinski definition) is 4. The summed E-state index contributed by atoms with van der Waals surface area (Å²) >= 11 is 0. The van der Waals surface area contributed by atoms with Crippen LogP contribution in [0.5, 0.6) is 0 Å². The molecule has 0 aromatic carbocycles. The second kappa shape index (κ2) is 4.99. The monoisotopic (exact) mass is 251 g/mol. The smallest absolute Gasteiger partial charge is 0.181 e. The number of aromatic nitrogens is 2. The Balaban J connectivity index is 1.66. The Kier molecular flexibility index (Phi) is 3.37. The summed E-state index contributed by atoms with van der Waals surface area (Å²) in [5, 5.41) is 0. The van der Waals surface area contributed by atoms with Crippen molar-refractivity contribution >= 4 is 0 Å². The molecule has 100 valence electrons. The molecule has 0 radical (unpaired) electrons. The Labute approximate surface area is 108 Å². The van der Waals surface area contributed by atoms with Crippen LogP contribution in [0.4, 0.5) is 0 Å². The van der Waals surface area contributed by atoms with Crippen LogP contribution in [-0.2, 0) is 22.6 Å². The number of imidazole rings is 1. The minimum atomic E-state index is -0.324. The van der Waals surface area contributed by atoms with Gasteiger partial charge in [0.15, 0.2) is 5.79 Å². The number of piperidine rings is 1. The molecule has 1 aromatic rings. The minimum Gasteiger partial charge on any atom is -0.346 e. The van der Waals surface area contributed by atoms with Gasteiger partial charge in [-0.2, -0.15) is 0 Å². The molecule has 2 saturated heterocycles. The van der Waals surface area contributed by atoms with Crippen molar-refractivity contribution in [3.63, 3.8) is 0 Å². The number of likely N-dealkylation sites (tertiary alicyclic amines) is 1. The summed E-state index contributed by atoms with van der Waals surface area (Å²) in [4.78, 5) is 6.64. The molecule has 5 nitrogen and oxygen atoms in total. The highest BCUT2D eigenvalue weighted by Gasteiger charge is 2.40. The molecule has 2 aliphatic heterocycles. The van der Waals surface area contributed by atoms with Crippen molar-refractivity contribution in [3.8, 4) is 0 Å². The topological polar surface area (TPSA) is 39.5 Å². The van der Waals surface area contributed by atoms with Crippen molar-refractivity contribution in [2.24, 2.45) is 0 Å². The highest BCUT2D eigenvalue weighted by atomic mass is 16.7. The number of aryl methyl sites for hydroxylation is 1. The van der Waals surface area contributed by atoms with Crippen molar-refractivity contribution in [3.05, 3.63) is 18.2 Å². The predicted octanol–water partition coefficient (Wildman–Crippen LogP) is 1.24.